The molecule has 6 heteroatoms. The van der Waals surface area contributed by atoms with Gasteiger partial charge in [0.05, 0.1) is 25.4 Å². The molecule has 0 rings (SSSR count). The van der Waals surface area contributed by atoms with E-state index >= 15 is 0 Å². The number of unbranched alkanes of at least 4 members (excludes halogenated alkanes) is 48. The molecule has 0 aromatic carbocycles. The molecule has 0 aliphatic heterocycles. The zero-order chi connectivity index (χ0) is 52.2. The summed E-state index contributed by atoms with van der Waals surface area (Å²) in [6, 6.07) is -0.637. The zero-order valence-electron chi connectivity index (χ0n) is 48.7. The first kappa shape index (κ1) is 70.3. The van der Waals surface area contributed by atoms with Crippen LogP contribution in [0, 0.1) is 0 Å². The molecule has 0 saturated carbocycles. The number of nitrogens with one attached hydrogen (secondary N) is 1. The number of aliphatic hydroxyl groups excluding tert-OH is 2. The molecule has 6 nitrogen and oxygen atoms in total. The molecule has 0 aliphatic rings. The lowest BCUT2D eigenvalue weighted by molar-refractivity contribution is -0.143. The Morgan fingerprint density at radius 2 is 0.653 bits per heavy atom. The fourth-order valence-corrected chi connectivity index (χ4v) is 10.2. The summed E-state index contributed by atoms with van der Waals surface area (Å²) in [6.07, 6.45) is 76.5. The Bertz CT molecular complexity index is 1120. The van der Waals surface area contributed by atoms with Crippen molar-refractivity contribution in [2.24, 2.45) is 0 Å². The zero-order valence-corrected chi connectivity index (χ0v) is 48.7. The van der Waals surface area contributed by atoms with Gasteiger partial charge >= 0.3 is 5.97 Å². The maximum Gasteiger partial charge on any atom is 0.305 e. The van der Waals surface area contributed by atoms with E-state index in [1.165, 1.54) is 276 Å². The Hall–Kier alpha value is -1.66. The van der Waals surface area contributed by atoms with Crippen molar-refractivity contribution in [1.82, 2.24) is 5.32 Å². The average molecular weight is 1010 g/mol. The minimum atomic E-state index is -0.853. The summed E-state index contributed by atoms with van der Waals surface area (Å²) in [5.74, 6) is -0.0801. The highest BCUT2D eigenvalue weighted by Crippen LogP contribution is 2.18. The van der Waals surface area contributed by atoms with E-state index in [1.54, 1.807) is 6.08 Å². The van der Waals surface area contributed by atoms with Crippen LogP contribution in [0.1, 0.15) is 361 Å². The molecule has 0 aromatic rings. The van der Waals surface area contributed by atoms with E-state index in [4.69, 9.17) is 4.74 Å². The fourth-order valence-electron chi connectivity index (χ4n) is 10.2. The van der Waals surface area contributed by atoms with E-state index in [1.807, 2.05) is 6.08 Å². The molecule has 0 aromatic heterocycles. The van der Waals surface area contributed by atoms with Gasteiger partial charge in [-0.1, -0.05) is 314 Å². The molecule has 0 bridgehead atoms. The number of carbonyl (C=O) groups excluding carboxylic acids is 2. The molecule has 0 saturated heterocycles. The van der Waals surface area contributed by atoms with E-state index in [2.05, 4.69) is 31.3 Å². The van der Waals surface area contributed by atoms with Crippen LogP contribution in [0.15, 0.2) is 24.3 Å². The lowest BCUT2D eigenvalue weighted by Gasteiger charge is -2.20. The van der Waals surface area contributed by atoms with Crippen LogP contribution in [0.25, 0.3) is 0 Å². The van der Waals surface area contributed by atoms with Gasteiger partial charge in [-0.15, -0.1) is 0 Å². The number of esters is 1. The third-order valence-corrected chi connectivity index (χ3v) is 15.2. The molecule has 1 amide bonds. The maximum atomic E-state index is 12.5. The van der Waals surface area contributed by atoms with Crippen molar-refractivity contribution in [3.05, 3.63) is 24.3 Å². The number of rotatable bonds is 61. The molecule has 0 aliphatic carbocycles. The standard InChI is InChI=1S/C66H127NO5/c1-3-5-7-9-11-13-15-17-19-21-23-24-25-26-27-28-30-34-38-42-46-50-54-58-64(69)63(62-68)67-65(70)59-55-51-47-43-39-35-32-33-37-41-45-49-53-57-61-72-66(71)60-56-52-48-44-40-36-31-29-22-20-18-16-14-12-10-8-6-4-2/h20,22,54,58,63-64,68-69H,3-19,21,23-53,55-57,59-62H2,1-2H3,(H,67,70)/b22-20-,58-54+. The summed E-state index contributed by atoms with van der Waals surface area (Å²) >= 11 is 0. The number of amides is 1. The van der Waals surface area contributed by atoms with Crippen molar-refractivity contribution < 1.29 is 24.5 Å². The van der Waals surface area contributed by atoms with Crippen molar-refractivity contribution in [3.8, 4) is 0 Å². The highest BCUT2D eigenvalue weighted by molar-refractivity contribution is 5.76. The fraction of sp³-hybridized carbons (Fsp3) is 0.909. The number of allylic oxidation sites excluding steroid dienone is 3. The average Bonchev–Trinajstić information content (AvgIpc) is 3.38. The van der Waals surface area contributed by atoms with Gasteiger partial charge in [0.2, 0.25) is 5.91 Å². The first-order valence-corrected chi connectivity index (χ1v) is 32.6. The van der Waals surface area contributed by atoms with Crippen molar-refractivity contribution >= 4 is 11.9 Å². The first-order chi connectivity index (χ1) is 35.5. The van der Waals surface area contributed by atoms with E-state index in [9.17, 15) is 19.8 Å². The van der Waals surface area contributed by atoms with E-state index in [-0.39, 0.29) is 18.5 Å². The Morgan fingerprint density at radius 1 is 0.375 bits per heavy atom. The lowest BCUT2D eigenvalue weighted by Crippen LogP contribution is -2.45. The van der Waals surface area contributed by atoms with Crippen LogP contribution in [0.3, 0.4) is 0 Å². The second-order valence-corrected chi connectivity index (χ2v) is 22.5. The predicted octanol–water partition coefficient (Wildman–Crippen LogP) is 20.6. The Labute approximate surface area is 450 Å². The van der Waals surface area contributed by atoms with Gasteiger partial charge in [-0.2, -0.15) is 0 Å². The maximum absolute atomic E-state index is 12.5. The summed E-state index contributed by atoms with van der Waals surface area (Å²) in [5.41, 5.74) is 0. The minimum absolute atomic E-state index is 0.00534. The molecule has 0 heterocycles. The molecule has 2 unspecified atom stereocenters. The van der Waals surface area contributed by atoms with Crippen LogP contribution >= 0.6 is 0 Å². The van der Waals surface area contributed by atoms with Gasteiger partial charge in [-0.3, -0.25) is 9.59 Å². The monoisotopic (exact) mass is 1010 g/mol. The summed E-state index contributed by atoms with van der Waals surface area (Å²) in [5, 5.41) is 23.2. The van der Waals surface area contributed by atoms with Gasteiger partial charge in [-0.25, -0.2) is 0 Å². The van der Waals surface area contributed by atoms with Crippen molar-refractivity contribution in [3.63, 3.8) is 0 Å². The third-order valence-electron chi connectivity index (χ3n) is 15.2. The highest BCUT2D eigenvalue weighted by Gasteiger charge is 2.18. The quantitative estimate of drug-likeness (QED) is 0.0320. The van der Waals surface area contributed by atoms with Gasteiger partial charge < -0.3 is 20.3 Å². The molecular weight excluding hydrogens is 887 g/mol. The van der Waals surface area contributed by atoms with Crippen LogP contribution in [0.5, 0.6) is 0 Å². The summed E-state index contributed by atoms with van der Waals surface area (Å²) < 4.78 is 5.49. The normalized spacial score (nSPS) is 12.7. The lowest BCUT2D eigenvalue weighted by atomic mass is 10.0. The van der Waals surface area contributed by atoms with Crippen molar-refractivity contribution in [2.75, 3.05) is 13.2 Å². The summed E-state index contributed by atoms with van der Waals surface area (Å²) in [4.78, 5) is 24.6. The van der Waals surface area contributed by atoms with Gasteiger partial charge in [0.25, 0.3) is 0 Å². The highest BCUT2D eigenvalue weighted by atomic mass is 16.5. The largest absolute Gasteiger partial charge is 0.466 e. The Kier molecular flexibility index (Phi) is 60.5. The number of carbonyl (C=O) groups is 2. The van der Waals surface area contributed by atoms with Crippen LogP contribution in [-0.2, 0) is 14.3 Å². The van der Waals surface area contributed by atoms with E-state index in [0.29, 0.717) is 19.4 Å². The molecule has 0 radical (unpaired) electrons. The van der Waals surface area contributed by atoms with Gasteiger partial charge in [-0.05, 0) is 57.8 Å². The number of ether oxygens (including phenoxy) is 1. The predicted molar refractivity (Wildman–Crippen MR) is 315 cm³/mol. The number of hydrogen-bond donors (Lipinski definition) is 3. The molecular formula is C66H127NO5. The summed E-state index contributed by atoms with van der Waals surface area (Å²) in [6.45, 7) is 4.91. The minimum Gasteiger partial charge on any atom is -0.466 e. The summed E-state index contributed by atoms with van der Waals surface area (Å²) in [7, 11) is 0. The van der Waals surface area contributed by atoms with Gasteiger partial charge in [0.15, 0.2) is 0 Å². The Balaban J connectivity index is 3.45. The third kappa shape index (κ3) is 57.6. The van der Waals surface area contributed by atoms with E-state index < -0.39 is 12.1 Å². The SMILES string of the molecule is CCCCCCCCC/C=C\CCCCCCCCCC(=O)OCCCCCCCCCCCCCCCCC(=O)NC(CO)C(O)/C=C/CCCCCCCCCCCCCCCCCCCCCCC. The molecule has 2 atom stereocenters. The number of aliphatic hydroxyl groups is 2. The molecule has 426 valence electrons. The molecule has 0 spiro atoms. The molecule has 0 fully saturated rings. The van der Waals surface area contributed by atoms with Crippen molar-refractivity contribution in [2.45, 2.75) is 373 Å². The topological polar surface area (TPSA) is 95.9 Å². The second kappa shape index (κ2) is 61.9. The van der Waals surface area contributed by atoms with Gasteiger partial charge in [0.1, 0.15) is 0 Å². The second-order valence-electron chi connectivity index (χ2n) is 22.5. The molecule has 3 N–H and O–H groups in total. The van der Waals surface area contributed by atoms with Crippen LogP contribution in [0.4, 0.5) is 0 Å². The van der Waals surface area contributed by atoms with Gasteiger partial charge in [0, 0.05) is 12.8 Å². The smallest absolute Gasteiger partial charge is 0.305 e. The van der Waals surface area contributed by atoms with E-state index in [0.717, 1.165) is 57.8 Å². The first-order valence-electron chi connectivity index (χ1n) is 32.6. The van der Waals surface area contributed by atoms with Crippen LogP contribution in [-0.4, -0.2) is 47.4 Å². The number of hydrogen-bond acceptors (Lipinski definition) is 5. The van der Waals surface area contributed by atoms with Crippen molar-refractivity contribution in [1.29, 1.82) is 0 Å². The Morgan fingerprint density at radius 3 is 0.986 bits per heavy atom. The van der Waals surface area contributed by atoms with Crippen LogP contribution < -0.4 is 5.32 Å². The van der Waals surface area contributed by atoms with Crippen LogP contribution in [0.2, 0.25) is 0 Å². The molecule has 72 heavy (non-hydrogen) atoms.